The summed E-state index contributed by atoms with van der Waals surface area (Å²) in [5, 5.41) is 1.03. The van der Waals surface area contributed by atoms with E-state index in [1.54, 1.807) is 6.07 Å². The Balaban J connectivity index is 2.49. The summed E-state index contributed by atoms with van der Waals surface area (Å²) in [6.07, 6.45) is 0. The molecule has 3 nitrogen and oxygen atoms in total. The van der Waals surface area contributed by atoms with Crippen LogP contribution in [0.1, 0.15) is 0 Å². The van der Waals surface area contributed by atoms with Gasteiger partial charge in [-0.1, -0.05) is 18.2 Å². The second-order valence-electron chi connectivity index (χ2n) is 2.48. The van der Waals surface area contributed by atoms with Crippen LogP contribution in [0.15, 0.2) is 36.4 Å². The summed E-state index contributed by atoms with van der Waals surface area (Å²) < 4.78 is 14.6. The highest BCUT2D eigenvalue weighted by atomic mass is 35.6. The lowest BCUT2D eigenvalue weighted by Crippen LogP contribution is -2.07. The van der Waals surface area contributed by atoms with Gasteiger partial charge >= 0.3 is 11.3 Å². The van der Waals surface area contributed by atoms with Gasteiger partial charge in [0, 0.05) is 11.5 Å². The van der Waals surface area contributed by atoms with Gasteiger partial charge in [0.2, 0.25) is 0 Å². The van der Waals surface area contributed by atoms with Gasteiger partial charge in [-0.15, -0.1) is 0 Å². The van der Waals surface area contributed by atoms with Crippen LogP contribution in [0.4, 0.5) is 0 Å². The van der Waals surface area contributed by atoms with Gasteiger partial charge in [0.25, 0.3) is 5.88 Å². The Morgan fingerprint density at radius 3 is 2.85 bits per heavy atom. The largest absolute Gasteiger partial charge is 0.495 e. The van der Waals surface area contributed by atoms with E-state index >= 15 is 0 Å². The maximum absolute atomic E-state index is 10.0. The molecule has 0 spiro atoms. The third kappa shape index (κ3) is 1.71. The number of aromatic nitrogens is 1. The summed E-state index contributed by atoms with van der Waals surface area (Å²) >= 11 is 0.479. The number of nitrogens with zero attached hydrogens (tertiary/aromatic N) is 1. The van der Waals surface area contributed by atoms with Gasteiger partial charge in [-0.05, 0) is 12.1 Å². The molecule has 0 atom stereocenters. The van der Waals surface area contributed by atoms with Gasteiger partial charge in [0.15, 0.2) is 0 Å². The third-order valence-corrected chi connectivity index (χ3v) is 1.90. The predicted octanol–water partition coefficient (Wildman–Crippen LogP) is 0.889. The Hall–Kier alpha value is -1.32. The smallest absolute Gasteiger partial charge is 0.394 e. The summed E-state index contributed by atoms with van der Waals surface area (Å²) in [6, 6.07) is 11.2. The third-order valence-electron chi connectivity index (χ3n) is 1.68. The number of halogens is 1. The average Bonchev–Trinajstić information content (AvgIpc) is 2.18. The Labute approximate surface area is 79.0 Å². The molecule has 0 aliphatic heterocycles. The topological polar surface area (TPSA) is 45.2 Å². The highest BCUT2D eigenvalue weighted by Gasteiger charge is 2.01. The lowest BCUT2D eigenvalue weighted by Gasteiger charge is -1.96. The molecule has 1 aromatic heterocycles. The van der Waals surface area contributed by atoms with Gasteiger partial charge in [0.05, 0.1) is 5.52 Å². The fourth-order valence-electron chi connectivity index (χ4n) is 1.12. The van der Waals surface area contributed by atoms with Gasteiger partial charge in [-0.3, -0.25) is 0 Å². The molecule has 0 fully saturated rings. The van der Waals surface area contributed by atoms with E-state index in [9.17, 15) is 4.66 Å². The fourth-order valence-corrected chi connectivity index (χ4v) is 1.27. The highest BCUT2D eigenvalue weighted by Crippen LogP contribution is 2.15. The van der Waals surface area contributed by atoms with Crippen molar-refractivity contribution in [3.05, 3.63) is 36.4 Å². The molecule has 0 amide bonds. The van der Waals surface area contributed by atoms with E-state index in [0.29, 0.717) is 17.2 Å². The standard InChI is InChI=1S/C9H6ClNO2/c12-10-13-9-6-5-7-3-1-2-4-8(7)11-9/h1-6H. The number of fused-ring (bicyclic) bond motifs is 1. The summed E-state index contributed by atoms with van der Waals surface area (Å²) in [7, 11) is 0. The van der Waals surface area contributed by atoms with E-state index in [1.165, 1.54) is 0 Å². The average molecular weight is 196 g/mol. The highest BCUT2D eigenvalue weighted by molar-refractivity contribution is 5.78. The quantitative estimate of drug-likeness (QED) is 0.715. The molecule has 1 heterocycles. The summed E-state index contributed by atoms with van der Waals surface area (Å²) in [4.78, 5) is 4.11. The molecule has 4 heteroatoms. The number of para-hydroxylation sites is 1. The van der Waals surface area contributed by atoms with Crippen LogP contribution in [0.2, 0.25) is 0 Å². The second-order valence-corrected chi connectivity index (χ2v) is 2.76. The van der Waals surface area contributed by atoms with Crippen LogP contribution in [0.25, 0.3) is 10.9 Å². The van der Waals surface area contributed by atoms with Crippen molar-refractivity contribution in [3.63, 3.8) is 0 Å². The van der Waals surface area contributed by atoms with Crippen molar-refractivity contribution in [1.29, 1.82) is 0 Å². The van der Waals surface area contributed by atoms with Gasteiger partial charge in [-0.25, -0.2) is 4.98 Å². The molecule has 0 aliphatic rings. The molecule has 2 rings (SSSR count). The Bertz CT molecular complexity index is 419. The first-order valence-electron chi connectivity index (χ1n) is 3.70. The molecule has 1 aromatic carbocycles. The molecule has 13 heavy (non-hydrogen) atoms. The molecular weight excluding hydrogens is 190 g/mol. The summed E-state index contributed by atoms with van der Waals surface area (Å²) in [6.45, 7) is 0. The van der Waals surface area contributed by atoms with Gasteiger partial charge in [0.1, 0.15) is 0 Å². The number of pyridine rings is 1. The minimum absolute atomic E-state index is 0.321. The van der Waals surface area contributed by atoms with Gasteiger partial charge in [-0.2, -0.15) is 4.29 Å². The molecule has 0 unspecified atom stereocenters. The zero-order chi connectivity index (χ0) is 9.10. The van der Waals surface area contributed by atoms with Crippen molar-refractivity contribution >= 4 is 10.9 Å². The van der Waals surface area contributed by atoms with Crippen molar-refractivity contribution in [1.82, 2.24) is 4.98 Å². The van der Waals surface area contributed by atoms with Crippen LogP contribution in [0, 0.1) is 11.3 Å². The van der Waals surface area contributed by atoms with E-state index in [0.717, 1.165) is 10.9 Å². The lowest BCUT2D eigenvalue weighted by molar-refractivity contribution is -1.25. The van der Waals surface area contributed by atoms with Crippen LogP contribution in [-0.2, 0) is 0 Å². The summed E-state index contributed by atoms with van der Waals surface area (Å²) in [5.41, 5.74) is 0.819. The first-order chi connectivity index (χ1) is 6.40. The summed E-state index contributed by atoms with van der Waals surface area (Å²) in [5.74, 6) is 0.321. The first kappa shape index (κ1) is 8.29. The minimum Gasteiger partial charge on any atom is -0.495 e. The van der Waals surface area contributed by atoms with Crippen LogP contribution in [0.3, 0.4) is 0 Å². The Morgan fingerprint density at radius 1 is 1.15 bits per heavy atom. The zero-order valence-corrected chi connectivity index (χ0v) is 7.36. The molecule has 66 valence electrons. The van der Waals surface area contributed by atoms with E-state index in [4.69, 9.17) is 0 Å². The second kappa shape index (κ2) is 3.60. The van der Waals surface area contributed by atoms with Crippen LogP contribution in [-0.4, -0.2) is 4.98 Å². The van der Waals surface area contributed by atoms with Crippen LogP contribution < -0.4 is 8.95 Å². The first-order valence-corrected chi connectivity index (χ1v) is 4.32. The number of benzene rings is 1. The molecular formula is C9H6ClNO2. The Morgan fingerprint density at radius 2 is 2.00 bits per heavy atom. The maximum atomic E-state index is 10.0. The molecule has 0 bridgehead atoms. The monoisotopic (exact) mass is 195 g/mol. The molecule has 0 saturated carbocycles. The van der Waals surface area contributed by atoms with Crippen molar-refractivity contribution in [2.45, 2.75) is 0 Å². The van der Waals surface area contributed by atoms with Crippen LogP contribution >= 0.6 is 0 Å². The van der Waals surface area contributed by atoms with Crippen molar-refractivity contribution < 1.29 is 20.3 Å². The number of hydrogen-bond acceptors (Lipinski definition) is 3. The van der Waals surface area contributed by atoms with Crippen molar-refractivity contribution in [2.24, 2.45) is 0 Å². The van der Waals surface area contributed by atoms with Gasteiger partial charge < -0.3 is 4.66 Å². The molecule has 0 N–H and O–H groups in total. The molecule has 0 aliphatic carbocycles. The fraction of sp³-hybridized carbons (Fsp3) is 0. The minimum atomic E-state index is 0.321. The Kier molecular flexibility index (Phi) is 2.29. The molecule has 2 aromatic rings. The van der Waals surface area contributed by atoms with E-state index in [2.05, 4.69) is 9.27 Å². The number of hydrogen-bond donors (Lipinski definition) is 0. The number of rotatable bonds is 2. The lowest BCUT2D eigenvalue weighted by atomic mass is 10.2. The zero-order valence-electron chi connectivity index (χ0n) is 6.61. The normalized spacial score (nSPS) is 10.2. The molecule has 0 saturated heterocycles. The van der Waals surface area contributed by atoms with Crippen LogP contribution in [0.5, 0.6) is 5.88 Å². The van der Waals surface area contributed by atoms with E-state index < -0.39 is 0 Å². The van der Waals surface area contributed by atoms with E-state index in [-0.39, 0.29) is 0 Å². The predicted molar refractivity (Wildman–Crippen MR) is 42.4 cm³/mol. The molecule has 0 radical (unpaired) electrons. The SMILES string of the molecule is [O-][Cl+]Oc1ccc2ccccc2n1. The van der Waals surface area contributed by atoms with Crippen molar-refractivity contribution in [2.75, 3.05) is 0 Å². The van der Waals surface area contributed by atoms with E-state index in [1.807, 2.05) is 30.3 Å². The maximum Gasteiger partial charge on any atom is 0.394 e. The van der Waals surface area contributed by atoms with Crippen molar-refractivity contribution in [3.8, 4) is 5.88 Å².